The largest absolute Gasteiger partial charge is 0.383 e. The molecule has 1 N–H and O–H groups in total. The maximum atomic E-state index is 11.0. The van der Waals surface area contributed by atoms with Crippen molar-refractivity contribution in [3.05, 3.63) is 0 Å². The fourth-order valence-corrected chi connectivity index (χ4v) is 1.30. The Bertz CT molecular complexity index is 163. The Labute approximate surface area is 93.0 Å². The van der Waals surface area contributed by atoms with Crippen LogP contribution in [0.4, 0.5) is 0 Å². The lowest BCUT2D eigenvalue weighted by molar-refractivity contribution is -0.120. The van der Waals surface area contributed by atoms with Crippen molar-refractivity contribution >= 4 is 5.91 Å². The molecule has 0 atom stereocenters. The number of nitrogens with one attached hydrogen (secondary N) is 1. The first-order chi connectivity index (χ1) is 7.24. The van der Waals surface area contributed by atoms with Crippen LogP contribution < -0.4 is 5.32 Å². The van der Waals surface area contributed by atoms with Gasteiger partial charge in [0, 0.05) is 26.6 Å². The number of nitrogens with zero attached hydrogens (tertiary/aromatic N) is 1. The van der Waals surface area contributed by atoms with E-state index in [4.69, 9.17) is 4.74 Å². The van der Waals surface area contributed by atoms with Gasteiger partial charge in [-0.3, -0.25) is 4.79 Å². The smallest absolute Gasteiger partial charge is 0.219 e. The van der Waals surface area contributed by atoms with E-state index < -0.39 is 0 Å². The SMILES string of the molecule is CCC(=O)NCCCN(CC)CCOC. The van der Waals surface area contributed by atoms with E-state index in [1.807, 2.05) is 6.92 Å². The maximum Gasteiger partial charge on any atom is 0.219 e. The van der Waals surface area contributed by atoms with Gasteiger partial charge in [0.1, 0.15) is 0 Å². The van der Waals surface area contributed by atoms with Gasteiger partial charge in [0.2, 0.25) is 5.91 Å². The number of carbonyl (C=O) groups is 1. The number of hydrogen-bond donors (Lipinski definition) is 1. The Morgan fingerprint density at radius 1 is 1.33 bits per heavy atom. The van der Waals surface area contributed by atoms with Crippen LogP contribution in [0.25, 0.3) is 0 Å². The van der Waals surface area contributed by atoms with E-state index in [2.05, 4.69) is 17.1 Å². The van der Waals surface area contributed by atoms with E-state index in [9.17, 15) is 4.79 Å². The second kappa shape index (κ2) is 9.93. The minimum Gasteiger partial charge on any atom is -0.383 e. The van der Waals surface area contributed by atoms with Crippen LogP contribution in [0.5, 0.6) is 0 Å². The predicted octanol–water partition coefficient (Wildman–Crippen LogP) is 0.871. The standard InChI is InChI=1S/C11H24N2O2/c1-4-11(14)12-7-6-8-13(5-2)9-10-15-3/h4-10H2,1-3H3,(H,12,14). The molecule has 4 heteroatoms. The summed E-state index contributed by atoms with van der Waals surface area (Å²) in [6.45, 7) is 8.57. The zero-order chi connectivity index (χ0) is 11.5. The molecule has 0 aromatic carbocycles. The van der Waals surface area contributed by atoms with Crippen LogP contribution in [0.3, 0.4) is 0 Å². The van der Waals surface area contributed by atoms with Gasteiger partial charge in [-0.15, -0.1) is 0 Å². The molecule has 0 aliphatic rings. The Morgan fingerprint density at radius 2 is 2.07 bits per heavy atom. The molecule has 0 saturated heterocycles. The first kappa shape index (κ1) is 14.4. The van der Waals surface area contributed by atoms with Crippen molar-refractivity contribution in [3.8, 4) is 0 Å². The van der Waals surface area contributed by atoms with Crippen molar-refractivity contribution in [2.24, 2.45) is 0 Å². The minimum absolute atomic E-state index is 0.134. The number of hydrogen-bond acceptors (Lipinski definition) is 3. The minimum atomic E-state index is 0.134. The topological polar surface area (TPSA) is 41.6 Å². The summed E-state index contributed by atoms with van der Waals surface area (Å²) in [5, 5.41) is 2.87. The first-order valence-corrected chi connectivity index (χ1v) is 5.72. The van der Waals surface area contributed by atoms with Crippen molar-refractivity contribution in [1.82, 2.24) is 10.2 Å². The fourth-order valence-electron chi connectivity index (χ4n) is 1.30. The molecule has 0 heterocycles. The van der Waals surface area contributed by atoms with Gasteiger partial charge in [0.05, 0.1) is 6.61 Å². The van der Waals surface area contributed by atoms with Crippen LogP contribution in [0.2, 0.25) is 0 Å². The monoisotopic (exact) mass is 216 g/mol. The van der Waals surface area contributed by atoms with E-state index in [-0.39, 0.29) is 5.91 Å². The molecule has 15 heavy (non-hydrogen) atoms. The average Bonchev–Trinajstić information content (AvgIpc) is 2.27. The molecular formula is C11H24N2O2. The lowest BCUT2D eigenvalue weighted by Crippen LogP contribution is -2.31. The van der Waals surface area contributed by atoms with E-state index in [0.717, 1.165) is 39.2 Å². The zero-order valence-electron chi connectivity index (χ0n) is 10.2. The number of ether oxygens (including phenoxy) is 1. The summed E-state index contributed by atoms with van der Waals surface area (Å²) >= 11 is 0. The van der Waals surface area contributed by atoms with Crippen LogP contribution in [-0.4, -0.2) is 50.7 Å². The molecule has 0 spiro atoms. The lowest BCUT2D eigenvalue weighted by Gasteiger charge is -2.19. The second-order valence-electron chi connectivity index (χ2n) is 3.48. The van der Waals surface area contributed by atoms with Gasteiger partial charge >= 0.3 is 0 Å². The van der Waals surface area contributed by atoms with Crippen molar-refractivity contribution in [2.75, 3.05) is 39.9 Å². The summed E-state index contributed by atoms with van der Waals surface area (Å²) < 4.78 is 5.02. The third-order valence-electron chi connectivity index (χ3n) is 2.35. The van der Waals surface area contributed by atoms with Crippen LogP contribution >= 0.6 is 0 Å². The highest BCUT2D eigenvalue weighted by atomic mass is 16.5. The summed E-state index contributed by atoms with van der Waals surface area (Å²) in [5.74, 6) is 0.134. The van der Waals surface area contributed by atoms with E-state index in [1.165, 1.54) is 0 Å². The molecular weight excluding hydrogens is 192 g/mol. The van der Waals surface area contributed by atoms with Gasteiger partial charge in [0.15, 0.2) is 0 Å². The lowest BCUT2D eigenvalue weighted by atomic mass is 10.3. The molecule has 0 aliphatic carbocycles. The molecule has 0 aromatic heterocycles. The summed E-state index contributed by atoms with van der Waals surface area (Å²) in [5.41, 5.74) is 0. The Morgan fingerprint density at radius 3 is 2.60 bits per heavy atom. The first-order valence-electron chi connectivity index (χ1n) is 5.72. The number of carbonyl (C=O) groups excluding carboxylic acids is 1. The van der Waals surface area contributed by atoms with E-state index in [0.29, 0.717) is 6.42 Å². The molecule has 0 aliphatic heterocycles. The molecule has 90 valence electrons. The van der Waals surface area contributed by atoms with Gasteiger partial charge in [-0.1, -0.05) is 13.8 Å². The fraction of sp³-hybridized carbons (Fsp3) is 0.909. The number of rotatable bonds is 9. The van der Waals surface area contributed by atoms with E-state index >= 15 is 0 Å². The molecule has 0 rings (SSSR count). The highest BCUT2D eigenvalue weighted by Crippen LogP contribution is 1.90. The van der Waals surface area contributed by atoms with Crippen LogP contribution in [0.1, 0.15) is 26.7 Å². The predicted molar refractivity (Wildman–Crippen MR) is 61.9 cm³/mol. The molecule has 0 bridgehead atoms. The molecule has 0 saturated carbocycles. The number of methoxy groups -OCH3 is 1. The highest BCUT2D eigenvalue weighted by Gasteiger charge is 2.01. The maximum absolute atomic E-state index is 11.0. The van der Waals surface area contributed by atoms with Crippen molar-refractivity contribution in [1.29, 1.82) is 0 Å². The van der Waals surface area contributed by atoms with Gasteiger partial charge < -0.3 is 15.0 Å². The Hall–Kier alpha value is -0.610. The third-order valence-corrected chi connectivity index (χ3v) is 2.35. The highest BCUT2D eigenvalue weighted by molar-refractivity contribution is 5.75. The molecule has 0 unspecified atom stereocenters. The summed E-state index contributed by atoms with van der Waals surface area (Å²) in [4.78, 5) is 13.3. The number of amides is 1. The third kappa shape index (κ3) is 8.39. The van der Waals surface area contributed by atoms with Crippen LogP contribution in [0.15, 0.2) is 0 Å². The van der Waals surface area contributed by atoms with Crippen molar-refractivity contribution < 1.29 is 9.53 Å². The Balaban J connectivity index is 3.41. The van der Waals surface area contributed by atoms with Crippen molar-refractivity contribution in [2.45, 2.75) is 26.7 Å². The molecule has 1 amide bonds. The quantitative estimate of drug-likeness (QED) is 0.582. The molecule has 0 fully saturated rings. The summed E-state index contributed by atoms with van der Waals surface area (Å²) in [7, 11) is 1.72. The molecule has 4 nitrogen and oxygen atoms in total. The Kier molecular flexibility index (Phi) is 9.52. The van der Waals surface area contributed by atoms with Crippen molar-refractivity contribution in [3.63, 3.8) is 0 Å². The average molecular weight is 216 g/mol. The van der Waals surface area contributed by atoms with Crippen LogP contribution in [-0.2, 0) is 9.53 Å². The molecule has 0 radical (unpaired) electrons. The van der Waals surface area contributed by atoms with Gasteiger partial charge in [-0.2, -0.15) is 0 Å². The second-order valence-corrected chi connectivity index (χ2v) is 3.48. The zero-order valence-corrected chi connectivity index (χ0v) is 10.2. The van der Waals surface area contributed by atoms with Crippen LogP contribution in [0, 0.1) is 0 Å². The summed E-state index contributed by atoms with van der Waals surface area (Å²) in [6.07, 6.45) is 1.57. The van der Waals surface area contributed by atoms with Gasteiger partial charge in [0.25, 0.3) is 0 Å². The number of likely N-dealkylation sites (N-methyl/N-ethyl adjacent to an activating group) is 1. The molecule has 0 aromatic rings. The van der Waals surface area contributed by atoms with Gasteiger partial charge in [-0.25, -0.2) is 0 Å². The van der Waals surface area contributed by atoms with Gasteiger partial charge in [-0.05, 0) is 19.5 Å². The normalized spacial score (nSPS) is 10.7. The summed E-state index contributed by atoms with van der Waals surface area (Å²) in [6, 6.07) is 0. The van der Waals surface area contributed by atoms with E-state index in [1.54, 1.807) is 7.11 Å².